The predicted octanol–water partition coefficient (Wildman–Crippen LogP) is 1.40. The van der Waals surface area contributed by atoms with Gasteiger partial charge in [0.15, 0.2) is 5.83 Å². The first-order chi connectivity index (χ1) is 10.6. The largest absolute Gasteiger partial charge is 0.381 e. The molecule has 0 bridgehead atoms. The van der Waals surface area contributed by atoms with Crippen molar-refractivity contribution in [2.24, 2.45) is 11.3 Å². The summed E-state index contributed by atoms with van der Waals surface area (Å²) in [5, 5.41) is 2.70. The fourth-order valence-electron chi connectivity index (χ4n) is 4.04. The highest BCUT2D eigenvalue weighted by molar-refractivity contribution is 5.93. The quantitative estimate of drug-likeness (QED) is 0.784. The average molecular weight is 310 g/mol. The van der Waals surface area contributed by atoms with Crippen LogP contribution in [0.1, 0.15) is 32.1 Å². The van der Waals surface area contributed by atoms with E-state index in [4.69, 9.17) is 4.74 Å². The smallest absolute Gasteiger partial charge is 0.282 e. The number of amides is 2. The van der Waals surface area contributed by atoms with Gasteiger partial charge in [-0.3, -0.25) is 9.59 Å². The van der Waals surface area contributed by atoms with Crippen molar-refractivity contribution in [1.29, 1.82) is 0 Å². The number of likely N-dealkylation sites (tertiary alicyclic amines) is 1. The maximum absolute atomic E-state index is 14.4. The van der Waals surface area contributed by atoms with Gasteiger partial charge in [0.1, 0.15) is 0 Å². The molecule has 0 spiro atoms. The fraction of sp³-hybridized carbons (Fsp3) is 0.750. The van der Waals surface area contributed by atoms with E-state index in [0.29, 0.717) is 51.1 Å². The Bertz CT molecular complexity index is 512. The Labute approximate surface area is 129 Å². The molecule has 1 saturated carbocycles. The molecule has 6 heteroatoms. The molecular weight excluding hydrogens is 287 g/mol. The van der Waals surface area contributed by atoms with Crippen molar-refractivity contribution in [2.75, 3.05) is 33.4 Å². The number of hydrogen-bond donors (Lipinski definition) is 1. The average Bonchev–Trinajstić information content (AvgIpc) is 3.20. The summed E-state index contributed by atoms with van der Waals surface area (Å²) >= 11 is 0. The Morgan fingerprint density at radius 3 is 2.77 bits per heavy atom. The van der Waals surface area contributed by atoms with E-state index in [1.807, 2.05) is 0 Å². The van der Waals surface area contributed by atoms with Gasteiger partial charge >= 0.3 is 0 Å². The lowest BCUT2D eigenvalue weighted by atomic mass is 9.73. The Morgan fingerprint density at radius 1 is 1.36 bits per heavy atom. The number of carbonyl (C=O) groups excluding carboxylic acids is 2. The molecule has 0 radical (unpaired) electrons. The van der Waals surface area contributed by atoms with E-state index in [-0.39, 0.29) is 11.8 Å². The predicted molar refractivity (Wildman–Crippen MR) is 78.6 cm³/mol. The first-order valence-electron chi connectivity index (χ1n) is 8.05. The minimum absolute atomic E-state index is 0.0495. The van der Waals surface area contributed by atoms with E-state index < -0.39 is 17.1 Å². The molecule has 0 aromatic rings. The third-order valence-electron chi connectivity index (χ3n) is 5.38. The third-order valence-corrected chi connectivity index (χ3v) is 5.38. The van der Waals surface area contributed by atoms with E-state index in [2.05, 4.69) is 5.32 Å². The monoisotopic (exact) mass is 310 g/mol. The van der Waals surface area contributed by atoms with Crippen LogP contribution in [0.25, 0.3) is 0 Å². The van der Waals surface area contributed by atoms with Gasteiger partial charge in [-0.05, 0) is 37.7 Å². The number of hydrogen-bond acceptors (Lipinski definition) is 3. The van der Waals surface area contributed by atoms with Gasteiger partial charge < -0.3 is 15.0 Å². The molecule has 2 atom stereocenters. The number of ether oxygens (including phenoxy) is 1. The highest BCUT2D eigenvalue weighted by Crippen LogP contribution is 2.43. The molecule has 1 N–H and O–H groups in total. The number of halogens is 1. The van der Waals surface area contributed by atoms with Gasteiger partial charge in [0.2, 0.25) is 5.91 Å². The standard InChI is InChI=1S/C16H23FN2O3/c1-18-15(21)16-6-7-22-9-12(16)8-19(10-16)14(20)13(17)11-4-2-3-5-11/h12H,2-10H2,1H3,(H,18,21)/t12-,16+/m1/s1. The van der Waals surface area contributed by atoms with Crippen LogP contribution in [0.4, 0.5) is 4.39 Å². The van der Waals surface area contributed by atoms with Crippen LogP contribution in [0.3, 0.4) is 0 Å². The van der Waals surface area contributed by atoms with Gasteiger partial charge in [0, 0.05) is 32.7 Å². The Hall–Kier alpha value is -1.43. The van der Waals surface area contributed by atoms with E-state index in [1.165, 1.54) is 4.90 Å². The highest BCUT2D eigenvalue weighted by Gasteiger charge is 2.54. The maximum atomic E-state index is 14.4. The third kappa shape index (κ3) is 2.43. The molecular formula is C16H23FN2O3. The molecule has 1 aliphatic carbocycles. The van der Waals surface area contributed by atoms with Crippen molar-refractivity contribution in [3.05, 3.63) is 11.4 Å². The zero-order valence-electron chi connectivity index (χ0n) is 13.0. The van der Waals surface area contributed by atoms with Crippen molar-refractivity contribution < 1.29 is 18.7 Å². The molecule has 3 rings (SSSR count). The SMILES string of the molecule is CNC(=O)[C@]12CCOC[C@H]1CN(C(=O)C(F)=C1CCCC1)C2. The molecule has 2 heterocycles. The number of carbonyl (C=O) groups is 2. The normalized spacial score (nSPS) is 31.1. The lowest BCUT2D eigenvalue weighted by Gasteiger charge is -2.36. The molecule has 2 aliphatic heterocycles. The summed E-state index contributed by atoms with van der Waals surface area (Å²) in [6, 6.07) is 0. The van der Waals surface area contributed by atoms with Crippen LogP contribution in [-0.2, 0) is 14.3 Å². The van der Waals surface area contributed by atoms with Crippen LogP contribution in [0.5, 0.6) is 0 Å². The second-order valence-corrected chi connectivity index (χ2v) is 6.57. The second-order valence-electron chi connectivity index (χ2n) is 6.57. The lowest BCUT2D eigenvalue weighted by molar-refractivity contribution is -0.139. The van der Waals surface area contributed by atoms with Crippen LogP contribution >= 0.6 is 0 Å². The van der Waals surface area contributed by atoms with Gasteiger partial charge in [-0.2, -0.15) is 0 Å². The maximum Gasteiger partial charge on any atom is 0.282 e. The first kappa shape index (κ1) is 15.5. The number of allylic oxidation sites excluding steroid dienone is 1. The summed E-state index contributed by atoms with van der Waals surface area (Å²) in [6.07, 6.45) is 3.85. The zero-order valence-corrected chi connectivity index (χ0v) is 13.0. The molecule has 2 amide bonds. The minimum atomic E-state index is -0.622. The van der Waals surface area contributed by atoms with Crippen molar-refractivity contribution in [2.45, 2.75) is 32.1 Å². The van der Waals surface area contributed by atoms with Crippen molar-refractivity contribution in [1.82, 2.24) is 10.2 Å². The van der Waals surface area contributed by atoms with E-state index >= 15 is 0 Å². The fourth-order valence-corrected chi connectivity index (χ4v) is 4.04. The number of fused-ring (bicyclic) bond motifs is 1. The molecule has 2 saturated heterocycles. The van der Waals surface area contributed by atoms with Gasteiger partial charge in [0.25, 0.3) is 5.91 Å². The van der Waals surface area contributed by atoms with Crippen LogP contribution in [-0.4, -0.2) is 50.1 Å². The molecule has 0 unspecified atom stereocenters. The molecule has 0 aromatic carbocycles. The molecule has 22 heavy (non-hydrogen) atoms. The summed E-state index contributed by atoms with van der Waals surface area (Å²) in [7, 11) is 1.61. The van der Waals surface area contributed by atoms with E-state index in [0.717, 1.165) is 12.8 Å². The number of nitrogens with one attached hydrogen (secondary N) is 1. The van der Waals surface area contributed by atoms with Crippen LogP contribution < -0.4 is 5.32 Å². The lowest BCUT2D eigenvalue weighted by Crippen LogP contribution is -2.49. The molecule has 3 aliphatic rings. The molecule has 0 aromatic heterocycles. The second kappa shape index (κ2) is 5.99. The van der Waals surface area contributed by atoms with E-state index in [1.54, 1.807) is 7.05 Å². The Kier molecular flexibility index (Phi) is 4.21. The van der Waals surface area contributed by atoms with Crippen LogP contribution in [0.2, 0.25) is 0 Å². The Morgan fingerprint density at radius 2 is 2.09 bits per heavy atom. The minimum Gasteiger partial charge on any atom is -0.381 e. The first-order valence-corrected chi connectivity index (χ1v) is 8.05. The van der Waals surface area contributed by atoms with Crippen molar-refractivity contribution in [3.63, 3.8) is 0 Å². The van der Waals surface area contributed by atoms with Crippen LogP contribution in [0.15, 0.2) is 11.4 Å². The number of rotatable bonds is 2. The molecule has 122 valence electrons. The summed E-state index contributed by atoms with van der Waals surface area (Å²) in [5.74, 6) is -1.25. The van der Waals surface area contributed by atoms with Gasteiger partial charge in [-0.1, -0.05) is 0 Å². The summed E-state index contributed by atoms with van der Waals surface area (Å²) < 4.78 is 19.9. The summed E-state index contributed by atoms with van der Waals surface area (Å²) in [5.41, 5.74) is 0.0219. The van der Waals surface area contributed by atoms with E-state index in [9.17, 15) is 14.0 Å². The Balaban J connectivity index is 1.81. The summed E-state index contributed by atoms with van der Waals surface area (Å²) in [6.45, 7) is 1.65. The number of nitrogens with zero attached hydrogens (tertiary/aromatic N) is 1. The zero-order chi connectivity index (χ0) is 15.7. The van der Waals surface area contributed by atoms with Crippen molar-refractivity contribution in [3.8, 4) is 0 Å². The summed E-state index contributed by atoms with van der Waals surface area (Å²) in [4.78, 5) is 26.3. The van der Waals surface area contributed by atoms with Gasteiger partial charge in [-0.25, -0.2) is 4.39 Å². The topological polar surface area (TPSA) is 58.6 Å². The molecule has 3 fully saturated rings. The van der Waals surface area contributed by atoms with Crippen molar-refractivity contribution >= 4 is 11.8 Å². The molecule has 5 nitrogen and oxygen atoms in total. The van der Waals surface area contributed by atoms with Crippen LogP contribution in [0, 0.1) is 11.3 Å². The highest BCUT2D eigenvalue weighted by atomic mass is 19.1. The van der Waals surface area contributed by atoms with Gasteiger partial charge in [0.05, 0.1) is 12.0 Å². The van der Waals surface area contributed by atoms with Gasteiger partial charge in [-0.15, -0.1) is 0 Å².